The van der Waals surface area contributed by atoms with Crippen molar-refractivity contribution in [3.63, 3.8) is 0 Å². The van der Waals surface area contributed by atoms with Gasteiger partial charge in [0.1, 0.15) is 5.69 Å². The van der Waals surface area contributed by atoms with Crippen molar-refractivity contribution in [3.05, 3.63) is 69.8 Å². The Kier molecular flexibility index (Phi) is 6.48. The van der Waals surface area contributed by atoms with Crippen molar-refractivity contribution in [2.75, 3.05) is 18.8 Å². The molecule has 0 saturated carbocycles. The molecule has 8 heteroatoms. The van der Waals surface area contributed by atoms with E-state index < -0.39 is 22.7 Å². The molecule has 2 aromatic rings. The number of nitrogens with zero attached hydrogens (tertiary/aromatic N) is 2. The molecule has 0 aliphatic rings. The summed E-state index contributed by atoms with van der Waals surface area (Å²) < 4.78 is 5.45. The van der Waals surface area contributed by atoms with Crippen molar-refractivity contribution in [1.29, 1.82) is 0 Å². The third kappa shape index (κ3) is 4.60. The predicted octanol–water partition coefficient (Wildman–Crippen LogP) is 2.94. The molecule has 142 valence electrons. The van der Waals surface area contributed by atoms with Gasteiger partial charge in [-0.15, -0.1) is 0 Å². The first-order valence-corrected chi connectivity index (χ1v) is 8.47. The second kappa shape index (κ2) is 8.79. The van der Waals surface area contributed by atoms with Crippen molar-refractivity contribution in [3.8, 4) is 0 Å². The number of benzene rings is 2. The van der Waals surface area contributed by atoms with Gasteiger partial charge in [0.2, 0.25) is 6.10 Å². The van der Waals surface area contributed by atoms with Gasteiger partial charge in [-0.25, -0.2) is 4.79 Å². The normalized spacial score (nSPS) is 11.5. The van der Waals surface area contributed by atoms with Gasteiger partial charge >= 0.3 is 5.97 Å². The van der Waals surface area contributed by atoms with Gasteiger partial charge in [0.15, 0.2) is 0 Å². The number of ether oxygens (including phenoxy) is 1. The summed E-state index contributed by atoms with van der Waals surface area (Å²) in [6, 6.07) is 12.3. The van der Waals surface area contributed by atoms with Crippen LogP contribution < -0.4 is 5.73 Å². The van der Waals surface area contributed by atoms with Gasteiger partial charge in [0.05, 0.1) is 10.5 Å². The summed E-state index contributed by atoms with van der Waals surface area (Å²) in [4.78, 5) is 37.3. The van der Waals surface area contributed by atoms with Crippen LogP contribution in [0.15, 0.2) is 48.5 Å². The van der Waals surface area contributed by atoms with Crippen LogP contribution in [0, 0.1) is 10.1 Å². The third-order valence-electron chi connectivity index (χ3n) is 4.09. The van der Waals surface area contributed by atoms with Crippen LogP contribution >= 0.6 is 0 Å². The summed E-state index contributed by atoms with van der Waals surface area (Å²) in [5.74, 6) is -1.20. The van der Waals surface area contributed by atoms with Gasteiger partial charge < -0.3 is 15.4 Å². The van der Waals surface area contributed by atoms with Gasteiger partial charge in [-0.2, -0.15) is 0 Å². The highest BCUT2D eigenvalue weighted by Crippen LogP contribution is 2.26. The lowest BCUT2D eigenvalue weighted by Crippen LogP contribution is -2.36. The molecule has 0 heterocycles. The monoisotopic (exact) mass is 371 g/mol. The van der Waals surface area contributed by atoms with Crippen molar-refractivity contribution < 1.29 is 19.2 Å². The van der Waals surface area contributed by atoms with E-state index in [1.165, 1.54) is 12.1 Å². The molecule has 0 spiro atoms. The molecule has 0 radical (unpaired) electrons. The molecular weight excluding hydrogens is 350 g/mol. The van der Waals surface area contributed by atoms with Gasteiger partial charge in [-0.1, -0.05) is 30.3 Å². The van der Waals surface area contributed by atoms with Crippen LogP contribution in [0.1, 0.15) is 35.9 Å². The van der Waals surface area contributed by atoms with Crippen LogP contribution in [0.25, 0.3) is 0 Å². The smallest absolute Gasteiger partial charge is 0.339 e. The number of hydrogen-bond acceptors (Lipinski definition) is 6. The number of nitro benzene ring substituents is 1. The molecule has 2 aromatic carbocycles. The van der Waals surface area contributed by atoms with E-state index in [0.29, 0.717) is 18.7 Å². The second-order valence-electron chi connectivity index (χ2n) is 5.74. The zero-order valence-corrected chi connectivity index (χ0v) is 15.1. The SMILES string of the molecule is CCN(CC)C(=O)[C@H](OC(=O)c1ccc(N)c([N+](=O)[O-])c1)c1ccccc1. The largest absolute Gasteiger partial charge is 0.444 e. The number of carbonyl (C=O) groups excluding carboxylic acids is 2. The first kappa shape index (κ1) is 19.9. The summed E-state index contributed by atoms with van der Waals surface area (Å²) >= 11 is 0. The number of rotatable bonds is 7. The number of nitro groups is 1. The zero-order valence-electron chi connectivity index (χ0n) is 15.1. The van der Waals surface area contributed by atoms with Crippen LogP contribution in [0.5, 0.6) is 0 Å². The standard InChI is InChI=1S/C19H21N3O5/c1-3-21(4-2)18(23)17(13-8-6-5-7-9-13)27-19(24)14-10-11-15(20)16(12-14)22(25)26/h5-12,17H,3-4,20H2,1-2H3/t17-/m1/s1. The molecule has 2 N–H and O–H groups in total. The fourth-order valence-electron chi connectivity index (χ4n) is 2.59. The first-order valence-electron chi connectivity index (χ1n) is 8.47. The maximum Gasteiger partial charge on any atom is 0.339 e. The topological polar surface area (TPSA) is 116 Å². The lowest BCUT2D eigenvalue weighted by atomic mass is 10.1. The van der Waals surface area contributed by atoms with Gasteiger partial charge in [0, 0.05) is 24.7 Å². The molecule has 1 amide bonds. The predicted molar refractivity (Wildman–Crippen MR) is 100 cm³/mol. The van der Waals surface area contributed by atoms with E-state index in [2.05, 4.69) is 0 Å². The van der Waals surface area contributed by atoms with Gasteiger partial charge in [-0.3, -0.25) is 14.9 Å². The fourth-order valence-corrected chi connectivity index (χ4v) is 2.59. The molecule has 0 saturated heterocycles. The Balaban J connectivity index is 2.35. The quantitative estimate of drug-likeness (QED) is 0.346. The maximum absolute atomic E-state index is 12.8. The second-order valence-corrected chi connectivity index (χ2v) is 5.74. The lowest BCUT2D eigenvalue weighted by molar-refractivity contribution is -0.383. The van der Waals surface area contributed by atoms with E-state index in [1.807, 2.05) is 13.8 Å². The van der Waals surface area contributed by atoms with E-state index in [0.717, 1.165) is 6.07 Å². The highest BCUT2D eigenvalue weighted by Gasteiger charge is 2.29. The molecule has 2 rings (SSSR count). The first-order chi connectivity index (χ1) is 12.9. The van der Waals surface area contributed by atoms with Crippen molar-refractivity contribution in [2.24, 2.45) is 0 Å². The number of anilines is 1. The minimum atomic E-state index is -1.14. The molecule has 8 nitrogen and oxygen atoms in total. The molecule has 1 atom stereocenters. The number of amides is 1. The maximum atomic E-state index is 12.8. The van der Waals surface area contributed by atoms with Crippen molar-refractivity contribution >= 4 is 23.3 Å². The van der Waals surface area contributed by atoms with Crippen LogP contribution in [0.4, 0.5) is 11.4 Å². The number of carbonyl (C=O) groups is 2. The number of hydrogen-bond donors (Lipinski definition) is 1. The van der Waals surface area contributed by atoms with Crippen LogP contribution in [-0.2, 0) is 9.53 Å². The Bertz CT molecular complexity index is 834. The molecule has 0 fully saturated rings. The Morgan fingerprint density at radius 1 is 1.15 bits per heavy atom. The number of nitrogen functional groups attached to an aromatic ring is 1. The fraction of sp³-hybridized carbons (Fsp3) is 0.263. The number of likely N-dealkylation sites (N-methyl/N-ethyl adjacent to an activating group) is 1. The minimum Gasteiger partial charge on any atom is -0.444 e. The van der Waals surface area contributed by atoms with E-state index in [4.69, 9.17) is 10.5 Å². The van der Waals surface area contributed by atoms with E-state index in [1.54, 1.807) is 35.2 Å². The summed E-state index contributed by atoms with van der Waals surface area (Å²) in [5, 5.41) is 11.0. The molecule has 0 aliphatic carbocycles. The highest BCUT2D eigenvalue weighted by molar-refractivity contribution is 5.94. The van der Waals surface area contributed by atoms with E-state index >= 15 is 0 Å². The molecule has 0 unspecified atom stereocenters. The Hall–Kier alpha value is -3.42. The average molecular weight is 371 g/mol. The summed E-state index contributed by atoms with van der Waals surface area (Å²) in [5.41, 5.74) is 5.57. The molecule has 0 aliphatic heterocycles. The summed E-state index contributed by atoms with van der Waals surface area (Å²) in [6.07, 6.45) is -1.14. The molecule has 0 aromatic heterocycles. The third-order valence-corrected chi connectivity index (χ3v) is 4.09. The van der Waals surface area contributed by atoms with Crippen molar-refractivity contribution in [1.82, 2.24) is 4.90 Å². The van der Waals surface area contributed by atoms with E-state index in [9.17, 15) is 19.7 Å². The summed E-state index contributed by atoms with van der Waals surface area (Å²) in [7, 11) is 0. The number of esters is 1. The van der Waals surface area contributed by atoms with Crippen LogP contribution in [0.2, 0.25) is 0 Å². The summed E-state index contributed by atoms with van der Waals surface area (Å²) in [6.45, 7) is 4.58. The Morgan fingerprint density at radius 2 is 1.78 bits per heavy atom. The van der Waals surface area contributed by atoms with Gasteiger partial charge in [-0.05, 0) is 26.0 Å². The highest BCUT2D eigenvalue weighted by atomic mass is 16.6. The van der Waals surface area contributed by atoms with Crippen molar-refractivity contribution in [2.45, 2.75) is 20.0 Å². The number of nitrogens with two attached hydrogens (primary N) is 1. The van der Waals surface area contributed by atoms with E-state index in [-0.39, 0.29) is 17.2 Å². The van der Waals surface area contributed by atoms with Crippen LogP contribution in [0.3, 0.4) is 0 Å². The molecule has 27 heavy (non-hydrogen) atoms. The minimum absolute atomic E-state index is 0.0517. The average Bonchev–Trinajstić information content (AvgIpc) is 2.67. The zero-order chi connectivity index (χ0) is 20.0. The molecule has 0 bridgehead atoms. The Labute approximate surface area is 156 Å². The Morgan fingerprint density at radius 3 is 2.33 bits per heavy atom. The van der Waals surface area contributed by atoms with Crippen LogP contribution in [-0.4, -0.2) is 34.8 Å². The lowest BCUT2D eigenvalue weighted by Gasteiger charge is -2.25. The molecular formula is C19H21N3O5. The van der Waals surface area contributed by atoms with Gasteiger partial charge in [0.25, 0.3) is 11.6 Å².